The smallest absolute Gasteiger partial charge is 0.0722 e. The van der Waals surface area contributed by atoms with Gasteiger partial charge in [-0.3, -0.25) is 4.99 Å². The molecule has 2 aromatic heterocycles. The molecular weight excluding hydrogens is 486 g/mol. The van der Waals surface area contributed by atoms with Crippen LogP contribution in [0.1, 0.15) is 11.1 Å². The van der Waals surface area contributed by atoms with Gasteiger partial charge in [-0.05, 0) is 42.0 Å². The summed E-state index contributed by atoms with van der Waals surface area (Å²) in [6, 6.07) is 46.2. The van der Waals surface area contributed by atoms with Crippen LogP contribution in [0.2, 0.25) is 0 Å². The fraction of sp³-hybridized carbons (Fsp3) is 0. The Bertz CT molecular complexity index is 2040. The van der Waals surface area contributed by atoms with E-state index in [1.807, 2.05) is 42.6 Å². The quantitative estimate of drug-likeness (QED) is 0.156. The summed E-state index contributed by atoms with van der Waals surface area (Å²) in [5.74, 6) is 0. The van der Waals surface area contributed by atoms with Crippen molar-refractivity contribution in [3.05, 3.63) is 163 Å². The van der Waals surface area contributed by atoms with Crippen molar-refractivity contribution in [2.75, 3.05) is 0 Å². The highest BCUT2D eigenvalue weighted by molar-refractivity contribution is 6.21. The Morgan fingerprint density at radius 3 is 2.10 bits per heavy atom. The van der Waals surface area contributed by atoms with E-state index in [2.05, 4.69) is 125 Å². The van der Waals surface area contributed by atoms with Crippen LogP contribution in [0.25, 0.3) is 49.8 Å². The lowest BCUT2D eigenvalue weighted by molar-refractivity contribution is 1.18. The van der Waals surface area contributed by atoms with Crippen LogP contribution in [0.5, 0.6) is 0 Å². The van der Waals surface area contributed by atoms with Gasteiger partial charge in [0.2, 0.25) is 0 Å². The van der Waals surface area contributed by atoms with E-state index < -0.39 is 0 Å². The molecule has 5 aromatic carbocycles. The molecule has 0 radical (unpaired) electrons. The number of hydrogen-bond acceptors (Lipinski definition) is 1. The third-order valence-electron chi connectivity index (χ3n) is 7.34. The minimum absolute atomic E-state index is 0.850. The molecule has 7 aromatic rings. The monoisotopic (exact) mass is 513 g/mol. The topological polar surface area (TPSA) is 22.2 Å². The molecule has 3 nitrogen and oxygen atoms in total. The van der Waals surface area contributed by atoms with E-state index in [0.29, 0.717) is 0 Å². The second-order valence-electron chi connectivity index (χ2n) is 9.83. The molecule has 0 saturated carbocycles. The second kappa shape index (κ2) is 10.0. The van der Waals surface area contributed by atoms with Crippen molar-refractivity contribution in [3.63, 3.8) is 0 Å². The highest BCUT2D eigenvalue weighted by Gasteiger charge is 2.17. The lowest BCUT2D eigenvalue weighted by Crippen LogP contribution is -1.95. The summed E-state index contributed by atoms with van der Waals surface area (Å²) >= 11 is 0. The van der Waals surface area contributed by atoms with Crippen molar-refractivity contribution >= 4 is 50.3 Å². The zero-order chi connectivity index (χ0) is 26.9. The Morgan fingerprint density at radius 2 is 1.32 bits per heavy atom. The first-order valence-corrected chi connectivity index (χ1v) is 13.4. The van der Waals surface area contributed by atoms with Crippen LogP contribution in [0.3, 0.4) is 0 Å². The molecule has 0 spiro atoms. The number of allylic oxidation sites excluding steroid dienone is 2. The van der Waals surface area contributed by atoms with Gasteiger partial charge in [0.15, 0.2) is 0 Å². The van der Waals surface area contributed by atoms with Gasteiger partial charge in [0.1, 0.15) is 0 Å². The highest BCUT2D eigenvalue weighted by Crippen LogP contribution is 2.38. The maximum absolute atomic E-state index is 4.91. The highest BCUT2D eigenvalue weighted by atomic mass is 15.0. The number of para-hydroxylation sites is 2. The number of benzene rings is 5. The first kappa shape index (κ1) is 23.7. The number of aliphatic imine (C=N–C) groups is 1. The summed E-state index contributed by atoms with van der Waals surface area (Å²) in [7, 11) is 0. The SMILES string of the molecule is C=C(/C=C(\N=C\c1ccccc1)c1ccccc1)n1ccc2ccc3c(c4ccccc4n3-c3ccccc3)c21. The van der Waals surface area contributed by atoms with Gasteiger partial charge in [0.05, 0.1) is 22.2 Å². The Hall–Kier alpha value is -5.41. The summed E-state index contributed by atoms with van der Waals surface area (Å²) in [4.78, 5) is 4.91. The Labute approximate surface area is 233 Å². The van der Waals surface area contributed by atoms with Crippen LogP contribution < -0.4 is 0 Å². The van der Waals surface area contributed by atoms with Crippen LogP contribution in [-0.2, 0) is 0 Å². The normalized spacial score (nSPS) is 12.2. The van der Waals surface area contributed by atoms with Crippen molar-refractivity contribution < 1.29 is 0 Å². The summed E-state index contributed by atoms with van der Waals surface area (Å²) < 4.78 is 4.54. The lowest BCUT2D eigenvalue weighted by Gasteiger charge is -2.10. The molecule has 0 aliphatic carbocycles. The van der Waals surface area contributed by atoms with Gasteiger partial charge in [-0.1, -0.05) is 110 Å². The van der Waals surface area contributed by atoms with Crippen molar-refractivity contribution in [1.82, 2.24) is 9.13 Å². The first-order valence-electron chi connectivity index (χ1n) is 13.4. The zero-order valence-corrected chi connectivity index (χ0v) is 22.0. The predicted octanol–water partition coefficient (Wildman–Crippen LogP) is 9.37. The number of hydrogen-bond donors (Lipinski definition) is 0. The minimum atomic E-state index is 0.850. The van der Waals surface area contributed by atoms with Gasteiger partial charge < -0.3 is 9.13 Å². The van der Waals surface area contributed by atoms with E-state index in [-0.39, 0.29) is 0 Å². The third-order valence-corrected chi connectivity index (χ3v) is 7.34. The van der Waals surface area contributed by atoms with Gasteiger partial charge in [-0.2, -0.15) is 0 Å². The second-order valence-corrected chi connectivity index (χ2v) is 9.83. The molecule has 0 bridgehead atoms. The maximum Gasteiger partial charge on any atom is 0.0722 e. The number of aromatic nitrogens is 2. The van der Waals surface area contributed by atoms with Gasteiger partial charge in [-0.25, -0.2) is 0 Å². The molecule has 0 unspecified atom stereocenters. The van der Waals surface area contributed by atoms with Crippen LogP contribution in [0, 0.1) is 0 Å². The molecule has 7 rings (SSSR count). The third kappa shape index (κ3) is 4.14. The molecule has 0 atom stereocenters. The van der Waals surface area contributed by atoms with Gasteiger partial charge >= 0.3 is 0 Å². The van der Waals surface area contributed by atoms with E-state index in [1.54, 1.807) is 0 Å². The Kier molecular flexibility index (Phi) is 5.95. The van der Waals surface area contributed by atoms with E-state index in [4.69, 9.17) is 4.99 Å². The Morgan fingerprint density at radius 1 is 0.650 bits per heavy atom. The molecule has 0 aliphatic heterocycles. The lowest BCUT2D eigenvalue weighted by atomic mass is 10.1. The van der Waals surface area contributed by atoms with E-state index in [1.165, 1.54) is 27.2 Å². The molecule has 0 aliphatic rings. The fourth-order valence-corrected chi connectivity index (χ4v) is 5.49. The van der Waals surface area contributed by atoms with Crippen molar-refractivity contribution in [2.45, 2.75) is 0 Å². The van der Waals surface area contributed by atoms with E-state index in [0.717, 1.165) is 33.7 Å². The number of rotatable bonds is 6. The molecule has 0 saturated heterocycles. The summed E-state index contributed by atoms with van der Waals surface area (Å²) in [5.41, 5.74) is 8.44. The Balaban J connectivity index is 1.43. The summed E-state index contributed by atoms with van der Waals surface area (Å²) in [6.45, 7) is 4.53. The van der Waals surface area contributed by atoms with Crippen molar-refractivity contribution in [3.8, 4) is 5.69 Å². The van der Waals surface area contributed by atoms with Crippen molar-refractivity contribution in [2.24, 2.45) is 4.99 Å². The molecule has 40 heavy (non-hydrogen) atoms. The van der Waals surface area contributed by atoms with Gasteiger partial charge in [-0.15, -0.1) is 0 Å². The molecule has 3 heteroatoms. The van der Waals surface area contributed by atoms with Crippen molar-refractivity contribution in [1.29, 1.82) is 0 Å². The van der Waals surface area contributed by atoms with Crippen LogP contribution in [-0.4, -0.2) is 15.3 Å². The fourth-order valence-electron chi connectivity index (χ4n) is 5.49. The molecule has 2 heterocycles. The average molecular weight is 514 g/mol. The van der Waals surface area contributed by atoms with Crippen LogP contribution in [0.4, 0.5) is 0 Å². The number of nitrogens with zero attached hydrogens (tertiary/aromatic N) is 3. The molecule has 0 fully saturated rings. The molecule has 0 amide bonds. The maximum atomic E-state index is 4.91. The zero-order valence-electron chi connectivity index (χ0n) is 22.0. The molecular formula is C37H27N3. The van der Waals surface area contributed by atoms with Gasteiger partial charge in [0.25, 0.3) is 0 Å². The minimum Gasteiger partial charge on any atom is -0.316 e. The van der Waals surface area contributed by atoms with Gasteiger partial charge in [0, 0.05) is 45.5 Å². The largest absolute Gasteiger partial charge is 0.316 e. The van der Waals surface area contributed by atoms with Crippen LogP contribution in [0.15, 0.2) is 157 Å². The first-order chi connectivity index (χ1) is 19.8. The summed E-state index contributed by atoms with van der Waals surface area (Å²) in [5, 5.41) is 3.60. The number of fused-ring (bicyclic) bond motifs is 5. The van der Waals surface area contributed by atoms with E-state index in [9.17, 15) is 0 Å². The molecule has 190 valence electrons. The van der Waals surface area contributed by atoms with Crippen LogP contribution >= 0.6 is 0 Å². The summed E-state index contributed by atoms with van der Waals surface area (Å²) in [6.07, 6.45) is 6.09. The standard InChI is InChI=1S/C37H27N3/c1-27(25-33(29-15-7-3-8-16-29)38-26-28-13-5-2-6-14-28)39-24-23-30-21-22-35-36(37(30)39)32-19-11-12-20-34(32)40(35)31-17-9-4-10-18-31/h2-26H,1H2/b33-25-,38-26+. The molecule has 0 N–H and O–H groups in total. The van der Waals surface area contributed by atoms with E-state index >= 15 is 0 Å². The average Bonchev–Trinajstić information content (AvgIpc) is 3.60. The predicted molar refractivity (Wildman–Crippen MR) is 170 cm³/mol.